The summed E-state index contributed by atoms with van der Waals surface area (Å²) < 4.78 is 53.0. The van der Waals surface area contributed by atoms with Gasteiger partial charge in [0, 0.05) is 30.3 Å². The molecule has 2 N–H and O–H groups in total. The van der Waals surface area contributed by atoms with Gasteiger partial charge in [-0.05, 0) is 48.4 Å². The highest BCUT2D eigenvalue weighted by molar-refractivity contribution is 7.92. The van der Waals surface area contributed by atoms with Gasteiger partial charge in [0.2, 0.25) is 0 Å². The molecule has 33 heavy (non-hydrogen) atoms. The fourth-order valence-electron chi connectivity index (χ4n) is 3.36. The van der Waals surface area contributed by atoms with Gasteiger partial charge in [-0.15, -0.1) is 0 Å². The second kappa shape index (κ2) is 9.91. The zero-order valence-corrected chi connectivity index (χ0v) is 18.5. The normalized spacial score (nSPS) is 13.1. The lowest BCUT2D eigenvalue weighted by molar-refractivity contribution is 0.0954. The first kappa shape index (κ1) is 22.6. The van der Waals surface area contributed by atoms with Gasteiger partial charge in [-0.1, -0.05) is 24.3 Å². The minimum absolute atomic E-state index is 0.0199. The van der Waals surface area contributed by atoms with E-state index in [1.807, 2.05) is 0 Å². The molecule has 1 heterocycles. The first-order valence-electron chi connectivity index (χ1n) is 10.5. The van der Waals surface area contributed by atoms with Crippen molar-refractivity contribution in [2.45, 2.75) is 17.7 Å². The van der Waals surface area contributed by atoms with Gasteiger partial charge in [0.25, 0.3) is 15.9 Å². The third-order valence-corrected chi connectivity index (χ3v) is 6.42. The molecule has 3 aromatic carbocycles. The Hall–Kier alpha value is -3.59. The van der Waals surface area contributed by atoms with E-state index in [1.165, 1.54) is 24.3 Å². The van der Waals surface area contributed by atoms with Crippen LogP contribution in [0.25, 0.3) is 0 Å². The molecule has 0 aromatic heterocycles. The molecule has 0 saturated heterocycles. The van der Waals surface area contributed by atoms with Crippen LogP contribution in [0.1, 0.15) is 22.3 Å². The SMILES string of the molecule is O=C(NCCc1ccccc1F)c1cccc(NS(=O)(=O)c2ccc3c(c2)OCCCO3)c1. The van der Waals surface area contributed by atoms with Crippen molar-refractivity contribution in [2.24, 2.45) is 0 Å². The number of hydrogen-bond donors (Lipinski definition) is 2. The molecule has 0 radical (unpaired) electrons. The molecule has 0 aliphatic carbocycles. The maximum Gasteiger partial charge on any atom is 0.262 e. The van der Waals surface area contributed by atoms with Crippen molar-refractivity contribution in [2.75, 3.05) is 24.5 Å². The first-order chi connectivity index (χ1) is 15.9. The van der Waals surface area contributed by atoms with Gasteiger partial charge in [-0.2, -0.15) is 0 Å². The van der Waals surface area contributed by atoms with E-state index in [9.17, 15) is 17.6 Å². The van der Waals surface area contributed by atoms with E-state index in [2.05, 4.69) is 10.0 Å². The summed E-state index contributed by atoms with van der Waals surface area (Å²) in [6, 6.07) is 16.9. The second-order valence-corrected chi connectivity index (χ2v) is 9.13. The summed E-state index contributed by atoms with van der Waals surface area (Å²) in [7, 11) is -3.92. The fourth-order valence-corrected chi connectivity index (χ4v) is 4.43. The van der Waals surface area contributed by atoms with E-state index in [0.29, 0.717) is 43.1 Å². The highest BCUT2D eigenvalue weighted by Crippen LogP contribution is 2.32. The van der Waals surface area contributed by atoms with E-state index in [4.69, 9.17) is 9.47 Å². The van der Waals surface area contributed by atoms with Crippen molar-refractivity contribution in [1.29, 1.82) is 0 Å². The lowest BCUT2D eigenvalue weighted by Gasteiger charge is -2.12. The molecular weight excluding hydrogens is 447 g/mol. The predicted octanol–water partition coefficient (Wildman–Crippen LogP) is 3.76. The molecule has 4 rings (SSSR count). The molecule has 0 unspecified atom stereocenters. The van der Waals surface area contributed by atoms with Crippen LogP contribution in [0.2, 0.25) is 0 Å². The van der Waals surface area contributed by atoms with Crippen LogP contribution in [0.5, 0.6) is 11.5 Å². The molecular formula is C24H23FN2O5S. The Labute approximate surface area is 191 Å². The molecule has 0 spiro atoms. The largest absolute Gasteiger partial charge is 0.490 e. The number of sulfonamides is 1. The van der Waals surface area contributed by atoms with Crippen LogP contribution in [-0.4, -0.2) is 34.1 Å². The van der Waals surface area contributed by atoms with Crippen LogP contribution in [0.15, 0.2) is 71.6 Å². The van der Waals surface area contributed by atoms with E-state index >= 15 is 0 Å². The maximum atomic E-state index is 13.7. The Morgan fingerprint density at radius 1 is 0.939 bits per heavy atom. The number of anilines is 1. The Morgan fingerprint density at radius 2 is 1.73 bits per heavy atom. The topological polar surface area (TPSA) is 93.7 Å². The molecule has 7 nitrogen and oxygen atoms in total. The van der Waals surface area contributed by atoms with Crippen LogP contribution in [0.4, 0.5) is 10.1 Å². The lowest BCUT2D eigenvalue weighted by Crippen LogP contribution is -2.26. The average Bonchev–Trinajstić information content (AvgIpc) is 3.05. The zero-order valence-electron chi connectivity index (χ0n) is 17.7. The number of carbonyl (C=O) groups excluding carboxylic acids is 1. The summed E-state index contributed by atoms with van der Waals surface area (Å²) in [6.07, 6.45) is 1.05. The fraction of sp³-hybridized carbons (Fsp3) is 0.208. The van der Waals surface area contributed by atoms with Gasteiger partial charge in [-0.25, -0.2) is 12.8 Å². The minimum atomic E-state index is -3.92. The number of carbonyl (C=O) groups is 1. The number of hydrogen-bond acceptors (Lipinski definition) is 5. The number of nitrogens with one attached hydrogen (secondary N) is 2. The third-order valence-electron chi connectivity index (χ3n) is 5.04. The van der Waals surface area contributed by atoms with Gasteiger partial charge in [0.05, 0.1) is 18.1 Å². The maximum absolute atomic E-state index is 13.7. The van der Waals surface area contributed by atoms with Crippen molar-refractivity contribution in [1.82, 2.24) is 5.32 Å². The smallest absolute Gasteiger partial charge is 0.262 e. The summed E-state index contributed by atoms with van der Waals surface area (Å²) in [5, 5.41) is 2.72. The standard InChI is InChI=1S/C24H23FN2O5S/c25-21-8-2-1-5-17(21)11-12-26-24(28)18-6-3-7-19(15-18)27-33(29,30)20-9-10-22-23(16-20)32-14-4-13-31-22/h1-3,5-10,15-16,27H,4,11-14H2,(H,26,28). The molecule has 1 aliphatic rings. The number of amides is 1. The summed E-state index contributed by atoms with van der Waals surface area (Å²) in [5.74, 6) is 0.166. The predicted molar refractivity (Wildman–Crippen MR) is 122 cm³/mol. The van der Waals surface area contributed by atoms with Crippen molar-refractivity contribution in [3.63, 3.8) is 0 Å². The number of ether oxygens (including phenoxy) is 2. The van der Waals surface area contributed by atoms with Gasteiger partial charge < -0.3 is 14.8 Å². The Bertz CT molecular complexity index is 1260. The number of halogens is 1. The Balaban J connectivity index is 1.42. The summed E-state index contributed by atoms with van der Waals surface area (Å²) >= 11 is 0. The monoisotopic (exact) mass is 470 g/mol. The summed E-state index contributed by atoms with van der Waals surface area (Å²) in [4.78, 5) is 12.5. The van der Waals surface area contributed by atoms with Gasteiger partial charge in [0.15, 0.2) is 11.5 Å². The summed E-state index contributed by atoms with van der Waals surface area (Å²) in [6.45, 7) is 1.19. The molecule has 0 fully saturated rings. The second-order valence-electron chi connectivity index (χ2n) is 7.44. The Morgan fingerprint density at radius 3 is 2.55 bits per heavy atom. The molecule has 1 aliphatic heterocycles. The molecule has 1 amide bonds. The third kappa shape index (κ3) is 5.61. The van der Waals surface area contributed by atoms with Crippen LogP contribution >= 0.6 is 0 Å². The minimum Gasteiger partial charge on any atom is -0.490 e. The van der Waals surface area contributed by atoms with Crippen LogP contribution in [-0.2, 0) is 16.4 Å². The van der Waals surface area contributed by atoms with E-state index in [1.54, 1.807) is 42.5 Å². The van der Waals surface area contributed by atoms with E-state index in [-0.39, 0.29) is 34.4 Å². The van der Waals surface area contributed by atoms with Crippen LogP contribution in [0.3, 0.4) is 0 Å². The highest BCUT2D eigenvalue weighted by atomic mass is 32.2. The van der Waals surface area contributed by atoms with Crippen molar-refractivity contribution >= 4 is 21.6 Å². The van der Waals surface area contributed by atoms with Crippen LogP contribution < -0.4 is 19.5 Å². The zero-order chi connectivity index (χ0) is 23.3. The molecule has 9 heteroatoms. The van der Waals surface area contributed by atoms with Crippen LogP contribution in [0, 0.1) is 5.82 Å². The average molecular weight is 471 g/mol. The first-order valence-corrected chi connectivity index (χ1v) is 11.9. The van der Waals surface area contributed by atoms with Crippen molar-refractivity contribution in [3.8, 4) is 11.5 Å². The quantitative estimate of drug-likeness (QED) is 0.549. The van der Waals surface area contributed by atoms with Crippen molar-refractivity contribution in [3.05, 3.63) is 83.7 Å². The number of fused-ring (bicyclic) bond motifs is 1. The molecule has 3 aromatic rings. The number of benzene rings is 3. The molecule has 0 atom stereocenters. The van der Waals surface area contributed by atoms with Crippen molar-refractivity contribution < 1.29 is 27.1 Å². The number of rotatable bonds is 7. The lowest BCUT2D eigenvalue weighted by atomic mass is 10.1. The molecule has 0 saturated carbocycles. The van der Waals surface area contributed by atoms with Gasteiger partial charge >= 0.3 is 0 Å². The van der Waals surface area contributed by atoms with E-state index in [0.717, 1.165) is 0 Å². The Kier molecular flexibility index (Phi) is 6.79. The van der Waals surface area contributed by atoms with Gasteiger partial charge in [0.1, 0.15) is 5.82 Å². The van der Waals surface area contributed by atoms with E-state index < -0.39 is 10.0 Å². The molecule has 172 valence electrons. The molecule has 0 bridgehead atoms. The highest BCUT2D eigenvalue weighted by Gasteiger charge is 2.19. The van der Waals surface area contributed by atoms with Gasteiger partial charge in [-0.3, -0.25) is 9.52 Å². The summed E-state index contributed by atoms with van der Waals surface area (Å²) in [5.41, 5.74) is 1.03.